The van der Waals surface area contributed by atoms with Crippen molar-refractivity contribution in [3.05, 3.63) is 23.3 Å². The molecule has 1 aromatic carbocycles. The van der Waals surface area contributed by atoms with Crippen molar-refractivity contribution in [2.24, 2.45) is 5.92 Å². The maximum Gasteiger partial charge on any atom is 0.316 e. The largest absolute Gasteiger partial charge is 0.490 e. The van der Waals surface area contributed by atoms with E-state index in [0.29, 0.717) is 43.1 Å². The molecular formula is C16H20O5. The molecule has 0 aromatic heterocycles. The van der Waals surface area contributed by atoms with E-state index in [1.807, 2.05) is 19.9 Å². The first-order valence-corrected chi connectivity index (χ1v) is 7.16. The normalized spacial score (nSPS) is 17.1. The number of carbonyl (C=O) groups is 2. The first kappa shape index (κ1) is 15.4. The van der Waals surface area contributed by atoms with Gasteiger partial charge in [0.25, 0.3) is 0 Å². The van der Waals surface area contributed by atoms with Crippen LogP contribution >= 0.6 is 0 Å². The number of hydrogen-bond donors (Lipinski definition) is 0. The number of benzene rings is 1. The lowest BCUT2D eigenvalue weighted by Gasteiger charge is -2.23. The van der Waals surface area contributed by atoms with Crippen LogP contribution in [0.3, 0.4) is 0 Å². The zero-order valence-corrected chi connectivity index (χ0v) is 12.6. The molecule has 0 fully saturated rings. The first-order valence-electron chi connectivity index (χ1n) is 7.16. The summed E-state index contributed by atoms with van der Waals surface area (Å²) in [5, 5.41) is 0. The van der Waals surface area contributed by atoms with Crippen LogP contribution in [0.4, 0.5) is 0 Å². The van der Waals surface area contributed by atoms with E-state index in [2.05, 4.69) is 0 Å². The van der Waals surface area contributed by atoms with Crippen LogP contribution < -0.4 is 9.47 Å². The molecule has 1 aliphatic carbocycles. The Hall–Kier alpha value is -2.04. The predicted octanol–water partition coefficient (Wildman–Crippen LogP) is 2.40. The Balaban J connectivity index is 2.40. The van der Waals surface area contributed by atoms with Crippen LogP contribution in [0, 0.1) is 5.92 Å². The Kier molecular flexibility index (Phi) is 4.83. The van der Waals surface area contributed by atoms with Crippen molar-refractivity contribution >= 4 is 11.8 Å². The summed E-state index contributed by atoms with van der Waals surface area (Å²) >= 11 is 0. The van der Waals surface area contributed by atoms with Crippen LogP contribution in [-0.2, 0) is 16.0 Å². The van der Waals surface area contributed by atoms with Crippen molar-refractivity contribution in [3.63, 3.8) is 0 Å². The number of fused-ring (bicyclic) bond motifs is 1. The van der Waals surface area contributed by atoms with Crippen molar-refractivity contribution < 1.29 is 23.8 Å². The Labute approximate surface area is 124 Å². The predicted molar refractivity (Wildman–Crippen MR) is 76.9 cm³/mol. The zero-order valence-electron chi connectivity index (χ0n) is 12.6. The summed E-state index contributed by atoms with van der Waals surface area (Å²) in [6, 6.07) is 3.52. The molecule has 0 saturated heterocycles. The Morgan fingerprint density at radius 3 is 2.38 bits per heavy atom. The van der Waals surface area contributed by atoms with Gasteiger partial charge >= 0.3 is 5.97 Å². The molecule has 1 aliphatic rings. The van der Waals surface area contributed by atoms with Crippen LogP contribution in [0.25, 0.3) is 0 Å². The maximum absolute atomic E-state index is 12.4. The van der Waals surface area contributed by atoms with Crippen molar-refractivity contribution in [1.82, 2.24) is 0 Å². The second-order valence-electron chi connectivity index (χ2n) is 4.80. The monoisotopic (exact) mass is 292 g/mol. The Morgan fingerprint density at radius 1 is 1.19 bits per heavy atom. The molecule has 0 spiro atoms. The topological polar surface area (TPSA) is 61.8 Å². The SMILES string of the molecule is CCOc1cc2c(cc1OCC)C(=O)C(C(=O)OC)CC2. The van der Waals surface area contributed by atoms with Gasteiger partial charge in [-0.25, -0.2) is 0 Å². The molecule has 114 valence electrons. The maximum atomic E-state index is 12.4. The van der Waals surface area contributed by atoms with E-state index in [4.69, 9.17) is 14.2 Å². The average Bonchev–Trinajstić information content (AvgIpc) is 2.48. The van der Waals surface area contributed by atoms with Gasteiger partial charge < -0.3 is 14.2 Å². The van der Waals surface area contributed by atoms with Crippen LogP contribution in [0.15, 0.2) is 12.1 Å². The number of esters is 1. The molecule has 0 amide bonds. The lowest BCUT2D eigenvalue weighted by molar-refractivity contribution is -0.143. The quantitative estimate of drug-likeness (QED) is 0.616. The number of ether oxygens (including phenoxy) is 3. The third kappa shape index (κ3) is 3.01. The van der Waals surface area contributed by atoms with Crippen LogP contribution in [0.2, 0.25) is 0 Å². The number of Topliss-reactive ketones (excluding diaryl/α,β-unsaturated/α-hetero) is 1. The highest BCUT2D eigenvalue weighted by atomic mass is 16.5. The lowest BCUT2D eigenvalue weighted by atomic mass is 9.82. The lowest BCUT2D eigenvalue weighted by Crippen LogP contribution is -2.30. The van der Waals surface area contributed by atoms with Gasteiger partial charge in [-0.1, -0.05) is 0 Å². The molecule has 0 bridgehead atoms. The molecule has 2 rings (SSSR count). The number of methoxy groups -OCH3 is 1. The summed E-state index contributed by atoms with van der Waals surface area (Å²) in [6.45, 7) is 4.77. The van der Waals surface area contributed by atoms with Crippen molar-refractivity contribution in [2.45, 2.75) is 26.7 Å². The van der Waals surface area contributed by atoms with Crippen molar-refractivity contribution in [2.75, 3.05) is 20.3 Å². The number of ketones is 1. The van der Waals surface area contributed by atoms with Gasteiger partial charge in [0.15, 0.2) is 17.3 Å². The minimum Gasteiger partial charge on any atom is -0.490 e. The standard InChI is InChI=1S/C16H20O5/c1-4-20-13-8-10-6-7-11(16(18)19-3)15(17)12(10)9-14(13)21-5-2/h8-9,11H,4-7H2,1-3H3. The molecule has 5 nitrogen and oxygen atoms in total. The fraction of sp³-hybridized carbons (Fsp3) is 0.500. The fourth-order valence-electron chi connectivity index (χ4n) is 2.56. The van der Waals surface area contributed by atoms with Crippen LogP contribution in [-0.4, -0.2) is 32.1 Å². The highest BCUT2D eigenvalue weighted by Crippen LogP contribution is 2.36. The summed E-state index contributed by atoms with van der Waals surface area (Å²) in [5.74, 6) is -0.209. The molecular weight excluding hydrogens is 272 g/mol. The van der Waals surface area contributed by atoms with E-state index in [0.717, 1.165) is 5.56 Å². The molecule has 5 heteroatoms. The van der Waals surface area contributed by atoms with E-state index < -0.39 is 11.9 Å². The Morgan fingerprint density at radius 2 is 1.81 bits per heavy atom. The van der Waals surface area contributed by atoms with E-state index >= 15 is 0 Å². The van der Waals surface area contributed by atoms with E-state index in [1.54, 1.807) is 6.07 Å². The second kappa shape index (κ2) is 6.61. The third-order valence-electron chi connectivity index (χ3n) is 3.54. The number of hydrogen-bond acceptors (Lipinski definition) is 5. The molecule has 1 unspecified atom stereocenters. The molecule has 0 N–H and O–H groups in total. The van der Waals surface area contributed by atoms with Crippen molar-refractivity contribution in [3.8, 4) is 11.5 Å². The molecule has 0 aliphatic heterocycles. The fourth-order valence-corrected chi connectivity index (χ4v) is 2.56. The first-order chi connectivity index (χ1) is 10.1. The smallest absolute Gasteiger partial charge is 0.316 e. The van der Waals surface area contributed by atoms with Crippen LogP contribution in [0.1, 0.15) is 36.2 Å². The molecule has 0 heterocycles. The molecule has 1 aromatic rings. The second-order valence-corrected chi connectivity index (χ2v) is 4.80. The molecule has 0 saturated carbocycles. The number of carbonyl (C=O) groups excluding carboxylic acids is 2. The zero-order chi connectivity index (χ0) is 15.4. The van der Waals surface area contributed by atoms with E-state index in [1.165, 1.54) is 7.11 Å². The molecule has 0 radical (unpaired) electrons. The van der Waals surface area contributed by atoms with Gasteiger partial charge in [-0.15, -0.1) is 0 Å². The third-order valence-corrected chi connectivity index (χ3v) is 3.54. The van der Waals surface area contributed by atoms with Gasteiger partial charge in [0.2, 0.25) is 0 Å². The van der Waals surface area contributed by atoms with Gasteiger partial charge in [-0.3, -0.25) is 9.59 Å². The van der Waals surface area contributed by atoms with E-state index in [9.17, 15) is 9.59 Å². The van der Waals surface area contributed by atoms with Gasteiger partial charge in [-0.2, -0.15) is 0 Å². The summed E-state index contributed by atoms with van der Waals surface area (Å²) < 4.78 is 15.8. The van der Waals surface area contributed by atoms with Gasteiger partial charge in [-0.05, 0) is 44.4 Å². The summed E-state index contributed by atoms with van der Waals surface area (Å²) in [4.78, 5) is 24.1. The average molecular weight is 292 g/mol. The van der Waals surface area contributed by atoms with Gasteiger partial charge in [0.05, 0.1) is 20.3 Å². The van der Waals surface area contributed by atoms with Gasteiger partial charge in [0, 0.05) is 5.56 Å². The molecule has 21 heavy (non-hydrogen) atoms. The summed E-state index contributed by atoms with van der Waals surface area (Å²) in [6.07, 6.45) is 1.12. The highest BCUT2D eigenvalue weighted by Gasteiger charge is 2.34. The minimum absolute atomic E-state index is 0.202. The van der Waals surface area contributed by atoms with Crippen molar-refractivity contribution in [1.29, 1.82) is 0 Å². The number of rotatable bonds is 5. The summed E-state index contributed by atoms with van der Waals surface area (Å²) in [7, 11) is 1.30. The van der Waals surface area contributed by atoms with Gasteiger partial charge in [0.1, 0.15) is 5.92 Å². The Bertz CT molecular complexity index is 550. The highest BCUT2D eigenvalue weighted by molar-refractivity contribution is 6.10. The summed E-state index contributed by atoms with van der Waals surface area (Å²) in [5.41, 5.74) is 1.43. The van der Waals surface area contributed by atoms with E-state index in [-0.39, 0.29) is 5.78 Å². The molecule has 1 atom stereocenters. The minimum atomic E-state index is -0.713. The van der Waals surface area contributed by atoms with Crippen LogP contribution in [0.5, 0.6) is 11.5 Å². The number of aryl methyl sites for hydroxylation is 1.